The fourth-order valence-electron chi connectivity index (χ4n) is 2.97. The lowest BCUT2D eigenvalue weighted by Crippen LogP contribution is -2.51. The maximum absolute atomic E-state index is 12.2. The van der Waals surface area contributed by atoms with Crippen molar-refractivity contribution in [2.45, 2.75) is 26.2 Å². The Morgan fingerprint density at radius 1 is 1.26 bits per heavy atom. The number of likely N-dealkylation sites (tertiary alicyclic amines) is 1. The topological polar surface area (TPSA) is 75.6 Å². The monoisotopic (exact) mass is 321 g/mol. The number of carbonyl (C=O) groups excluding carboxylic acids is 2. The first kappa shape index (κ1) is 17.3. The Labute approximate surface area is 136 Å². The molecule has 0 unspecified atom stereocenters. The molecular weight excluding hydrogens is 296 g/mol. The van der Waals surface area contributed by atoms with Crippen molar-refractivity contribution in [2.24, 2.45) is 0 Å². The number of esters is 1. The van der Waals surface area contributed by atoms with Gasteiger partial charge in [-0.1, -0.05) is 0 Å². The van der Waals surface area contributed by atoms with Gasteiger partial charge in [-0.2, -0.15) is 0 Å². The van der Waals surface area contributed by atoms with Crippen LogP contribution in [-0.4, -0.2) is 54.8 Å². The summed E-state index contributed by atoms with van der Waals surface area (Å²) in [5.74, 6) is -0.855. The van der Waals surface area contributed by atoms with Gasteiger partial charge < -0.3 is 19.6 Å². The van der Waals surface area contributed by atoms with Crippen molar-refractivity contribution in [2.75, 3.05) is 38.6 Å². The zero-order valence-corrected chi connectivity index (χ0v) is 13.8. The molecule has 6 nitrogen and oxygen atoms in total. The van der Waals surface area contributed by atoms with Gasteiger partial charge in [0.2, 0.25) is 0 Å². The van der Waals surface area contributed by atoms with Crippen LogP contribution < -0.4 is 5.32 Å². The molecule has 126 valence electrons. The number of phenols is 1. The molecule has 0 radical (unpaired) electrons. The van der Waals surface area contributed by atoms with E-state index in [1.54, 1.807) is 13.0 Å². The largest absolute Gasteiger partial charge is 0.507 e. The van der Waals surface area contributed by atoms with E-state index in [0.717, 1.165) is 30.4 Å². The van der Waals surface area contributed by atoms with E-state index in [9.17, 15) is 14.7 Å². The summed E-state index contributed by atoms with van der Waals surface area (Å²) >= 11 is 0. The quantitative estimate of drug-likeness (QED) is 0.643. The van der Waals surface area contributed by atoms with Crippen molar-refractivity contribution >= 4 is 17.6 Å². The van der Waals surface area contributed by atoms with Crippen LogP contribution >= 0.6 is 0 Å². The zero-order chi connectivity index (χ0) is 16.9. The molecule has 1 aliphatic heterocycles. The second-order valence-corrected chi connectivity index (χ2v) is 6.29. The smallest absolute Gasteiger partial charge is 0.341 e. The second-order valence-electron chi connectivity index (χ2n) is 6.29. The van der Waals surface area contributed by atoms with Crippen LogP contribution in [0.15, 0.2) is 18.2 Å². The summed E-state index contributed by atoms with van der Waals surface area (Å²) in [6.07, 6.45) is 3.54. The summed E-state index contributed by atoms with van der Waals surface area (Å²) in [7, 11) is 2.10. The predicted molar refractivity (Wildman–Crippen MR) is 87.3 cm³/mol. The number of likely N-dealkylation sites (N-methyl/N-ethyl adjacent to an activating group) is 1. The summed E-state index contributed by atoms with van der Waals surface area (Å²) in [5.41, 5.74) is 0.573. The number of aromatic hydroxyl groups is 1. The Morgan fingerprint density at radius 3 is 2.57 bits per heavy atom. The average molecular weight is 321 g/mol. The Hall–Kier alpha value is -2.08. The van der Waals surface area contributed by atoms with Crippen molar-refractivity contribution in [3.8, 4) is 5.75 Å². The summed E-state index contributed by atoms with van der Waals surface area (Å²) in [4.78, 5) is 23.9. The van der Waals surface area contributed by atoms with Crippen molar-refractivity contribution < 1.29 is 23.9 Å². The van der Waals surface area contributed by atoms with Crippen LogP contribution in [0, 0.1) is 0 Å². The van der Waals surface area contributed by atoms with E-state index in [-0.39, 0.29) is 23.8 Å². The highest BCUT2D eigenvalue weighted by atomic mass is 16.5. The van der Waals surface area contributed by atoms with Crippen molar-refractivity contribution in [3.05, 3.63) is 23.8 Å². The summed E-state index contributed by atoms with van der Waals surface area (Å²) in [6.45, 7) is 4.39. The van der Waals surface area contributed by atoms with Gasteiger partial charge in [-0.3, -0.25) is 4.79 Å². The number of quaternary nitrogens is 1. The van der Waals surface area contributed by atoms with Crippen LogP contribution in [0.3, 0.4) is 0 Å². The molecule has 0 atom stereocenters. The summed E-state index contributed by atoms with van der Waals surface area (Å²) in [6, 6.07) is 4.43. The Balaban J connectivity index is 1.98. The standard InChI is InChI=1S/C17H24N2O4/c1-3-23-17(22)14-8-7-13(11-15(14)20)18-16(21)12-19(2)9-5-4-6-10-19/h7-8,11H,3-6,9-10,12H2,1-2H3,(H-,18,20,21,22)/p+1. The third-order valence-corrected chi connectivity index (χ3v) is 4.20. The number of hydrogen-bond acceptors (Lipinski definition) is 4. The van der Waals surface area contributed by atoms with Gasteiger partial charge in [-0.25, -0.2) is 4.79 Å². The number of amides is 1. The molecule has 1 heterocycles. The molecule has 0 aliphatic carbocycles. The fourth-order valence-corrected chi connectivity index (χ4v) is 2.97. The van der Waals surface area contributed by atoms with Gasteiger partial charge in [0.15, 0.2) is 6.54 Å². The van der Waals surface area contributed by atoms with Crippen molar-refractivity contribution in [1.82, 2.24) is 0 Å². The molecule has 2 rings (SSSR count). The Bertz CT molecular complexity index is 580. The highest BCUT2D eigenvalue weighted by Crippen LogP contribution is 2.23. The van der Waals surface area contributed by atoms with Crippen LogP contribution in [0.4, 0.5) is 5.69 Å². The lowest BCUT2D eigenvalue weighted by Gasteiger charge is -2.37. The predicted octanol–water partition coefficient (Wildman–Crippen LogP) is 2.14. The van der Waals surface area contributed by atoms with Gasteiger partial charge >= 0.3 is 5.97 Å². The number of anilines is 1. The van der Waals surface area contributed by atoms with E-state index in [2.05, 4.69) is 12.4 Å². The number of nitrogens with zero attached hydrogens (tertiary/aromatic N) is 1. The lowest BCUT2D eigenvalue weighted by atomic mass is 10.1. The van der Waals surface area contributed by atoms with Crippen LogP contribution in [0.25, 0.3) is 0 Å². The molecule has 0 saturated carbocycles. The number of ether oxygens (including phenoxy) is 1. The summed E-state index contributed by atoms with van der Waals surface area (Å²) < 4.78 is 5.60. The number of hydrogen-bond donors (Lipinski definition) is 2. The van der Waals surface area contributed by atoms with E-state index in [0.29, 0.717) is 12.2 Å². The van der Waals surface area contributed by atoms with E-state index in [4.69, 9.17) is 4.74 Å². The molecule has 0 aromatic heterocycles. The van der Waals surface area contributed by atoms with Gasteiger partial charge in [-0.05, 0) is 38.3 Å². The second kappa shape index (κ2) is 7.46. The van der Waals surface area contributed by atoms with E-state index >= 15 is 0 Å². The maximum Gasteiger partial charge on any atom is 0.341 e. The molecule has 2 N–H and O–H groups in total. The van der Waals surface area contributed by atoms with Crippen LogP contribution in [0.2, 0.25) is 0 Å². The molecule has 0 spiro atoms. The Morgan fingerprint density at radius 2 is 1.96 bits per heavy atom. The number of carbonyl (C=O) groups is 2. The minimum absolute atomic E-state index is 0.0855. The normalized spacial score (nSPS) is 16.6. The van der Waals surface area contributed by atoms with Gasteiger partial charge in [0.1, 0.15) is 11.3 Å². The molecule has 1 aliphatic rings. The first-order valence-corrected chi connectivity index (χ1v) is 8.07. The van der Waals surface area contributed by atoms with Gasteiger partial charge in [0.25, 0.3) is 5.91 Å². The zero-order valence-electron chi connectivity index (χ0n) is 13.8. The molecule has 0 bridgehead atoms. The SMILES string of the molecule is CCOC(=O)c1ccc(NC(=O)C[N+]2(C)CCCCC2)cc1O. The number of piperidine rings is 1. The minimum Gasteiger partial charge on any atom is -0.507 e. The third kappa shape index (κ3) is 4.69. The molecule has 1 aromatic rings. The fraction of sp³-hybridized carbons (Fsp3) is 0.529. The van der Waals surface area contributed by atoms with Crippen LogP contribution in [0.1, 0.15) is 36.5 Å². The molecule has 23 heavy (non-hydrogen) atoms. The molecule has 1 amide bonds. The molecule has 6 heteroatoms. The number of phenolic OH excluding ortho intramolecular Hbond substituents is 1. The maximum atomic E-state index is 12.2. The van der Waals surface area contributed by atoms with Crippen molar-refractivity contribution in [1.29, 1.82) is 0 Å². The van der Waals surface area contributed by atoms with Crippen LogP contribution in [-0.2, 0) is 9.53 Å². The van der Waals surface area contributed by atoms with Crippen LogP contribution in [0.5, 0.6) is 5.75 Å². The van der Waals surface area contributed by atoms with E-state index < -0.39 is 5.97 Å². The minimum atomic E-state index is -0.575. The number of rotatable bonds is 5. The van der Waals surface area contributed by atoms with E-state index in [1.807, 2.05) is 0 Å². The summed E-state index contributed by atoms with van der Waals surface area (Å²) in [5, 5.41) is 12.7. The van der Waals surface area contributed by atoms with Crippen molar-refractivity contribution in [3.63, 3.8) is 0 Å². The van der Waals surface area contributed by atoms with Gasteiger partial charge in [0.05, 0.1) is 26.7 Å². The molecule has 1 fully saturated rings. The first-order chi connectivity index (χ1) is 10.9. The lowest BCUT2D eigenvalue weighted by molar-refractivity contribution is -0.906. The van der Waals surface area contributed by atoms with Gasteiger partial charge in [0, 0.05) is 11.8 Å². The van der Waals surface area contributed by atoms with E-state index in [1.165, 1.54) is 18.6 Å². The number of nitrogens with one attached hydrogen (secondary N) is 1. The highest BCUT2D eigenvalue weighted by molar-refractivity contribution is 5.95. The molecule has 1 aromatic carbocycles. The highest BCUT2D eigenvalue weighted by Gasteiger charge is 2.27. The molecule has 1 saturated heterocycles. The molecular formula is C17H25N2O4+. The van der Waals surface area contributed by atoms with Gasteiger partial charge in [-0.15, -0.1) is 0 Å². The third-order valence-electron chi connectivity index (χ3n) is 4.20. The number of benzene rings is 1. The average Bonchev–Trinajstić information content (AvgIpc) is 2.47. The first-order valence-electron chi connectivity index (χ1n) is 8.07. The Kier molecular flexibility index (Phi) is 5.60.